The standard InChI is InChI=1S/C22H24F2N4S/c1-16(27-12-3-2-4-13-27)21-25-26-22(28(21)20-10-8-18(23)9-11-20)29-15-17-6-5-7-19(24)14-17/h5-11,14,16H,2-4,12-13,15H2,1H3. The lowest BCUT2D eigenvalue weighted by Gasteiger charge is -2.31. The molecule has 1 fully saturated rings. The summed E-state index contributed by atoms with van der Waals surface area (Å²) in [5.74, 6) is 0.902. The average molecular weight is 415 g/mol. The smallest absolute Gasteiger partial charge is 0.196 e. The number of piperidine rings is 1. The van der Waals surface area contributed by atoms with E-state index in [-0.39, 0.29) is 17.7 Å². The lowest BCUT2D eigenvalue weighted by molar-refractivity contribution is 0.167. The Kier molecular flexibility index (Phi) is 6.25. The van der Waals surface area contributed by atoms with E-state index in [4.69, 9.17) is 0 Å². The summed E-state index contributed by atoms with van der Waals surface area (Å²) in [7, 11) is 0. The van der Waals surface area contributed by atoms with Crippen molar-refractivity contribution in [1.82, 2.24) is 19.7 Å². The lowest BCUT2D eigenvalue weighted by Crippen LogP contribution is -2.33. The van der Waals surface area contributed by atoms with E-state index in [0.29, 0.717) is 5.75 Å². The van der Waals surface area contributed by atoms with Crippen LogP contribution in [-0.2, 0) is 5.75 Å². The second-order valence-electron chi connectivity index (χ2n) is 7.34. The fourth-order valence-corrected chi connectivity index (χ4v) is 4.62. The van der Waals surface area contributed by atoms with Gasteiger partial charge < -0.3 is 0 Å². The molecule has 1 unspecified atom stereocenters. The second kappa shape index (κ2) is 9.05. The Bertz CT molecular complexity index is 952. The van der Waals surface area contributed by atoms with Crippen LogP contribution in [0, 0.1) is 11.6 Å². The van der Waals surface area contributed by atoms with Crippen molar-refractivity contribution in [3.05, 3.63) is 71.6 Å². The third-order valence-electron chi connectivity index (χ3n) is 5.31. The summed E-state index contributed by atoms with van der Waals surface area (Å²) in [6, 6.07) is 13.1. The van der Waals surface area contributed by atoms with Crippen molar-refractivity contribution >= 4 is 11.8 Å². The molecule has 1 aliphatic heterocycles. The molecule has 152 valence electrons. The molecular weight excluding hydrogens is 390 g/mol. The van der Waals surface area contributed by atoms with Gasteiger partial charge in [0.15, 0.2) is 11.0 Å². The Morgan fingerprint density at radius 3 is 2.45 bits per heavy atom. The SMILES string of the molecule is CC(c1nnc(SCc2cccc(F)c2)n1-c1ccc(F)cc1)N1CCCCC1. The van der Waals surface area contributed by atoms with Crippen LogP contribution in [0.5, 0.6) is 0 Å². The number of hydrogen-bond donors (Lipinski definition) is 0. The molecule has 1 atom stereocenters. The first kappa shape index (κ1) is 20.0. The Morgan fingerprint density at radius 1 is 0.966 bits per heavy atom. The average Bonchev–Trinajstić information content (AvgIpc) is 3.17. The van der Waals surface area contributed by atoms with E-state index in [0.717, 1.165) is 35.3 Å². The summed E-state index contributed by atoms with van der Waals surface area (Å²) in [6.45, 7) is 4.24. The third kappa shape index (κ3) is 4.67. The van der Waals surface area contributed by atoms with Crippen LogP contribution >= 0.6 is 11.8 Å². The Morgan fingerprint density at radius 2 is 1.72 bits per heavy atom. The zero-order valence-electron chi connectivity index (χ0n) is 16.4. The van der Waals surface area contributed by atoms with Crippen molar-refractivity contribution < 1.29 is 8.78 Å². The van der Waals surface area contributed by atoms with E-state index in [1.165, 1.54) is 55.3 Å². The highest BCUT2D eigenvalue weighted by atomic mass is 32.2. The summed E-state index contributed by atoms with van der Waals surface area (Å²) in [5.41, 5.74) is 1.71. The maximum Gasteiger partial charge on any atom is 0.196 e. The highest BCUT2D eigenvalue weighted by molar-refractivity contribution is 7.98. The normalized spacial score (nSPS) is 16.1. The lowest BCUT2D eigenvalue weighted by atomic mass is 10.1. The highest BCUT2D eigenvalue weighted by Gasteiger charge is 2.25. The van der Waals surface area contributed by atoms with Crippen LogP contribution in [0.1, 0.15) is 43.6 Å². The highest BCUT2D eigenvalue weighted by Crippen LogP contribution is 2.30. The van der Waals surface area contributed by atoms with Gasteiger partial charge in [-0.2, -0.15) is 0 Å². The van der Waals surface area contributed by atoms with Crippen molar-refractivity contribution in [2.75, 3.05) is 13.1 Å². The summed E-state index contributed by atoms with van der Waals surface area (Å²) < 4.78 is 29.0. The molecule has 7 heteroatoms. The van der Waals surface area contributed by atoms with Crippen molar-refractivity contribution in [2.45, 2.75) is 43.1 Å². The zero-order valence-corrected chi connectivity index (χ0v) is 17.2. The van der Waals surface area contributed by atoms with E-state index in [1.807, 2.05) is 10.6 Å². The molecule has 0 saturated carbocycles. The maximum atomic E-state index is 13.5. The van der Waals surface area contributed by atoms with Gasteiger partial charge in [0.2, 0.25) is 0 Å². The van der Waals surface area contributed by atoms with Gasteiger partial charge in [-0.15, -0.1) is 10.2 Å². The Hall–Kier alpha value is -2.25. The van der Waals surface area contributed by atoms with E-state index >= 15 is 0 Å². The maximum absolute atomic E-state index is 13.5. The second-order valence-corrected chi connectivity index (χ2v) is 8.29. The van der Waals surface area contributed by atoms with Gasteiger partial charge in [-0.3, -0.25) is 9.47 Å². The molecule has 0 N–H and O–H groups in total. The quantitative estimate of drug-likeness (QED) is 0.507. The number of hydrogen-bond acceptors (Lipinski definition) is 4. The van der Waals surface area contributed by atoms with Crippen LogP contribution in [0.15, 0.2) is 53.7 Å². The molecule has 0 bridgehead atoms. The van der Waals surface area contributed by atoms with Gasteiger partial charge in [-0.1, -0.05) is 30.3 Å². The summed E-state index contributed by atoms with van der Waals surface area (Å²) >= 11 is 1.50. The van der Waals surface area contributed by atoms with Gasteiger partial charge in [0.25, 0.3) is 0 Å². The van der Waals surface area contributed by atoms with Crippen LogP contribution in [0.4, 0.5) is 8.78 Å². The third-order valence-corrected chi connectivity index (χ3v) is 6.31. The molecule has 1 saturated heterocycles. The predicted molar refractivity (Wildman–Crippen MR) is 111 cm³/mol. The van der Waals surface area contributed by atoms with E-state index in [9.17, 15) is 8.78 Å². The predicted octanol–water partition coefficient (Wildman–Crippen LogP) is 5.38. The first-order valence-corrected chi connectivity index (χ1v) is 10.9. The molecule has 29 heavy (non-hydrogen) atoms. The fourth-order valence-electron chi connectivity index (χ4n) is 3.72. The van der Waals surface area contributed by atoms with Gasteiger partial charge in [0.05, 0.1) is 6.04 Å². The van der Waals surface area contributed by atoms with Gasteiger partial charge in [-0.05, 0) is 74.8 Å². The Labute approximate surface area is 174 Å². The molecule has 4 rings (SSSR count). The molecule has 0 aliphatic carbocycles. The molecule has 0 radical (unpaired) electrons. The fraction of sp³-hybridized carbons (Fsp3) is 0.364. The van der Waals surface area contributed by atoms with Gasteiger partial charge >= 0.3 is 0 Å². The number of nitrogens with zero attached hydrogens (tertiary/aromatic N) is 4. The molecule has 0 spiro atoms. The van der Waals surface area contributed by atoms with E-state index in [2.05, 4.69) is 22.0 Å². The van der Waals surface area contributed by atoms with Gasteiger partial charge in [0, 0.05) is 11.4 Å². The van der Waals surface area contributed by atoms with Crippen LogP contribution < -0.4 is 0 Å². The van der Waals surface area contributed by atoms with Crippen LogP contribution in [0.3, 0.4) is 0 Å². The number of aromatic nitrogens is 3. The molecular formula is C22H24F2N4S. The minimum Gasteiger partial charge on any atom is -0.294 e. The topological polar surface area (TPSA) is 34.0 Å². The first-order valence-electron chi connectivity index (χ1n) is 9.94. The van der Waals surface area contributed by atoms with Crippen molar-refractivity contribution in [3.8, 4) is 5.69 Å². The Balaban J connectivity index is 1.65. The molecule has 2 aromatic carbocycles. The summed E-state index contributed by atoms with van der Waals surface area (Å²) in [4.78, 5) is 2.43. The monoisotopic (exact) mass is 414 g/mol. The minimum absolute atomic E-state index is 0.108. The minimum atomic E-state index is -0.276. The number of halogens is 2. The molecule has 2 heterocycles. The molecule has 4 nitrogen and oxygen atoms in total. The first-order chi connectivity index (χ1) is 14.1. The molecule has 3 aromatic rings. The summed E-state index contributed by atoms with van der Waals surface area (Å²) in [6.07, 6.45) is 3.65. The molecule has 0 amide bonds. The van der Waals surface area contributed by atoms with Crippen molar-refractivity contribution in [2.24, 2.45) is 0 Å². The number of likely N-dealkylation sites (tertiary alicyclic amines) is 1. The van der Waals surface area contributed by atoms with Gasteiger partial charge in [0.1, 0.15) is 11.6 Å². The van der Waals surface area contributed by atoms with Crippen LogP contribution in [0.2, 0.25) is 0 Å². The largest absolute Gasteiger partial charge is 0.294 e. The van der Waals surface area contributed by atoms with Crippen molar-refractivity contribution in [3.63, 3.8) is 0 Å². The van der Waals surface area contributed by atoms with E-state index in [1.54, 1.807) is 18.2 Å². The van der Waals surface area contributed by atoms with Gasteiger partial charge in [-0.25, -0.2) is 8.78 Å². The zero-order chi connectivity index (χ0) is 20.2. The molecule has 1 aromatic heterocycles. The van der Waals surface area contributed by atoms with E-state index < -0.39 is 0 Å². The summed E-state index contributed by atoms with van der Waals surface area (Å²) in [5, 5.41) is 9.65. The van der Waals surface area contributed by atoms with Crippen molar-refractivity contribution in [1.29, 1.82) is 0 Å². The van der Waals surface area contributed by atoms with Crippen LogP contribution in [0.25, 0.3) is 5.69 Å². The number of thioether (sulfide) groups is 1. The molecule has 1 aliphatic rings. The van der Waals surface area contributed by atoms with Crippen LogP contribution in [-0.4, -0.2) is 32.8 Å². The number of rotatable bonds is 6. The number of benzene rings is 2.